The van der Waals surface area contributed by atoms with Crippen LogP contribution < -0.4 is 5.46 Å². The van der Waals surface area contributed by atoms with E-state index in [1.54, 1.807) is 0 Å². The van der Waals surface area contributed by atoms with Crippen molar-refractivity contribution in [1.82, 2.24) is 0 Å². The van der Waals surface area contributed by atoms with Crippen molar-refractivity contribution in [3.8, 4) is 16.9 Å². The highest BCUT2D eigenvalue weighted by Crippen LogP contribution is 2.51. The van der Waals surface area contributed by atoms with Crippen molar-refractivity contribution in [2.75, 3.05) is 0 Å². The smallest absolute Gasteiger partial charge is 0.498 e. The Kier molecular flexibility index (Phi) is 3.96. The van der Waals surface area contributed by atoms with E-state index in [1.807, 2.05) is 52.0 Å². The fourth-order valence-electron chi connectivity index (χ4n) is 4.45. The number of hydrogen-bond acceptors (Lipinski definition) is 3. The van der Waals surface area contributed by atoms with Crippen LogP contribution in [0.5, 0.6) is 5.75 Å². The van der Waals surface area contributed by atoms with Gasteiger partial charge in [-0.2, -0.15) is 0 Å². The molecule has 0 bridgehead atoms. The minimum atomic E-state index is -0.592. The van der Waals surface area contributed by atoms with Crippen LogP contribution in [-0.2, 0) is 9.31 Å². The largest absolute Gasteiger partial charge is 0.508 e. The van der Waals surface area contributed by atoms with Gasteiger partial charge in [-0.05, 0) is 49.9 Å². The van der Waals surface area contributed by atoms with Gasteiger partial charge in [0.25, 0.3) is 0 Å². The summed E-state index contributed by atoms with van der Waals surface area (Å²) in [6, 6.07) is 22.8. The molecule has 1 aliphatic carbocycles. The van der Waals surface area contributed by atoms with Crippen LogP contribution in [0.3, 0.4) is 0 Å². The first-order valence-electron chi connectivity index (χ1n) is 10.2. The van der Waals surface area contributed by atoms with Crippen molar-refractivity contribution < 1.29 is 14.4 Å². The average Bonchev–Trinajstić information content (AvgIpc) is 3.14. The molecule has 1 saturated heterocycles. The summed E-state index contributed by atoms with van der Waals surface area (Å²) in [7, 11) is -0.592. The molecule has 0 spiro atoms. The molecule has 4 heteroatoms. The van der Waals surface area contributed by atoms with E-state index in [1.165, 1.54) is 16.7 Å². The molecule has 29 heavy (non-hydrogen) atoms. The minimum Gasteiger partial charge on any atom is -0.508 e. The minimum absolute atomic E-state index is 0.00947. The molecule has 0 amide bonds. The summed E-state index contributed by atoms with van der Waals surface area (Å²) in [5.74, 6) is 0.260. The van der Waals surface area contributed by atoms with Gasteiger partial charge in [0.2, 0.25) is 0 Å². The molecule has 3 nitrogen and oxygen atoms in total. The standard InChI is InChI=1S/C25H25BO3/c1-24(2)25(3,4)29-26(28-24)20-15-14-19-17-12-8-9-13-18(17)21(22(19)23(20)27)16-10-6-5-7-11-16/h5-15,21,27H,1-4H3. The molecule has 3 aromatic carbocycles. The van der Waals surface area contributed by atoms with Crippen LogP contribution in [0.4, 0.5) is 0 Å². The van der Waals surface area contributed by atoms with E-state index in [-0.39, 0.29) is 11.7 Å². The SMILES string of the molecule is CC1(C)OB(c2ccc3c(c2O)C(c2ccccc2)c2ccccc2-3)OC1(C)C. The molecule has 1 atom stereocenters. The van der Waals surface area contributed by atoms with Gasteiger partial charge in [-0.25, -0.2) is 0 Å². The zero-order valence-electron chi connectivity index (χ0n) is 17.3. The summed E-state index contributed by atoms with van der Waals surface area (Å²) in [6.07, 6.45) is 0. The molecule has 3 aromatic rings. The maximum atomic E-state index is 11.5. The molecule has 1 unspecified atom stereocenters. The lowest BCUT2D eigenvalue weighted by Crippen LogP contribution is -2.41. The Balaban J connectivity index is 1.68. The van der Waals surface area contributed by atoms with Crippen molar-refractivity contribution in [2.24, 2.45) is 0 Å². The molecule has 146 valence electrons. The van der Waals surface area contributed by atoms with E-state index >= 15 is 0 Å². The number of phenolic OH excluding ortho intramolecular Hbond substituents is 1. The van der Waals surface area contributed by atoms with Gasteiger partial charge >= 0.3 is 7.12 Å². The number of rotatable bonds is 2. The summed E-state index contributed by atoms with van der Waals surface area (Å²) in [6.45, 7) is 8.11. The van der Waals surface area contributed by atoms with Crippen LogP contribution in [0.2, 0.25) is 0 Å². The Hall–Kier alpha value is -2.56. The number of aromatic hydroxyl groups is 1. The highest BCUT2D eigenvalue weighted by molar-refractivity contribution is 6.63. The van der Waals surface area contributed by atoms with Crippen molar-refractivity contribution in [2.45, 2.75) is 44.8 Å². The predicted octanol–water partition coefficient (Wildman–Crippen LogP) is 4.85. The molecule has 1 aliphatic heterocycles. The molecule has 5 rings (SSSR count). The van der Waals surface area contributed by atoms with E-state index < -0.39 is 18.3 Å². The first-order valence-corrected chi connectivity index (χ1v) is 10.2. The summed E-state index contributed by atoms with van der Waals surface area (Å²) in [5.41, 5.74) is 5.35. The molecule has 1 heterocycles. The third kappa shape index (κ3) is 2.66. The fraction of sp³-hybridized carbons (Fsp3) is 0.280. The molecule has 0 saturated carbocycles. The topological polar surface area (TPSA) is 38.7 Å². The lowest BCUT2D eigenvalue weighted by Gasteiger charge is -2.32. The highest BCUT2D eigenvalue weighted by atomic mass is 16.7. The van der Waals surface area contributed by atoms with E-state index in [0.29, 0.717) is 5.46 Å². The number of benzene rings is 3. The molecule has 1 fully saturated rings. The molecule has 1 N–H and O–H groups in total. The van der Waals surface area contributed by atoms with Crippen LogP contribution in [-0.4, -0.2) is 23.4 Å². The second-order valence-corrected chi connectivity index (χ2v) is 8.98. The quantitative estimate of drug-likeness (QED) is 0.502. The van der Waals surface area contributed by atoms with Crippen molar-refractivity contribution in [1.29, 1.82) is 0 Å². The summed E-state index contributed by atoms with van der Waals surface area (Å²) >= 11 is 0. The molecule has 2 aliphatic rings. The number of phenols is 1. The Bertz CT molecular complexity index is 1070. The monoisotopic (exact) mass is 384 g/mol. The van der Waals surface area contributed by atoms with Gasteiger partial charge in [0, 0.05) is 16.9 Å². The van der Waals surface area contributed by atoms with Gasteiger partial charge < -0.3 is 14.4 Å². The van der Waals surface area contributed by atoms with E-state index in [4.69, 9.17) is 9.31 Å². The van der Waals surface area contributed by atoms with Crippen LogP contribution in [0, 0.1) is 0 Å². The maximum absolute atomic E-state index is 11.5. The fourth-order valence-corrected chi connectivity index (χ4v) is 4.45. The third-order valence-electron chi connectivity index (χ3n) is 6.74. The Morgan fingerprint density at radius 2 is 1.38 bits per heavy atom. The Morgan fingerprint density at radius 1 is 0.759 bits per heavy atom. The van der Waals surface area contributed by atoms with E-state index in [9.17, 15) is 5.11 Å². The Morgan fingerprint density at radius 3 is 2.07 bits per heavy atom. The van der Waals surface area contributed by atoms with E-state index in [2.05, 4.69) is 42.5 Å². The van der Waals surface area contributed by atoms with Gasteiger partial charge in [0.05, 0.1) is 11.2 Å². The normalized spacial score (nSPS) is 21.1. The number of fused-ring (bicyclic) bond motifs is 3. The lowest BCUT2D eigenvalue weighted by atomic mass is 9.75. The van der Waals surface area contributed by atoms with Gasteiger partial charge in [0.15, 0.2) is 0 Å². The van der Waals surface area contributed by atoms with Gasteiger partial charge in [-0.3, -0.25) is 0 Å². The first kappa shape index (κ1) is 18.5. The van der Waals surface area contributed by atoms with Crippen molar-refractivity contribution >= 4 is 12.6 Å². The second-order valence-electron chi connectivity index (χ2n) is 8.98. The number of hydrogen-bond donors (Lipinski definition) is 1. The van der Waals surface area contributed by atoms with Gasteiger partial charge in [-0.1, -0.05) is 66.7 Å². The highest BCUT2D eigenvalue weighted by Gasteiger charge is 2.53. The van der Waals surface area contributed by atoms with Gasteiger partial charge in [-0.15, -0.1) is 0 Å². The molecular formula is C25H25BO3. The zero-order valence-corrected chi connectivity index (χ0v) is 17.3. The molecule has 0 radical (unpaired) electrons. The molecular weight excluding hydrogens is 359 g/mol. The summed E-state index contributed by atoms with van der Waals surface area (Å²) in [5, 5.41) is 11.5. The molecule has 0 aromatic heterocycles. The van der Waals surface area contributed by atoms with Gasteiger partial charge in [0.1, 0.15) is 5.75 Å². The van der Waals surface area contributed by atoms with Crippen LogP contribution in [0.15, 0.2) is 66.7 Å². The van der Waals surface area contributed by atoms with Crippen molar-refractivity contribution in [3.05, 3.63) is 83.4 Å². The van der Waals surface area contributed by atoms with Crippen LogP contribution in [0.25, 0.3) is 11.1 Å². The van der Waals surface area contributed by atoms with Crippen LogP contribution >= 0.6 is 0 Å². The first-order chi connectivity index (χ1) is 13.8. The third-order valence-corrected chi connectivity index (χ3v) is 6.74. The van der Waals surface area contributed by atoms with Crippen molar-refractivity contribution in [3.63, 3.8) is 0 Å². The lowest BCUT2D eigenvalue weighted by molar-refractivity contribution is 0.00578. The Labute approximate surface area is 172 Å². The zero-order chi connectivity index (χ0) is 20.4. The maximum Gasteiger partial charge on any atom is 0.498 e. The summed E-state index contributed by atoms with van der Waals surface area (Å²) in [4.78, 5) is 0. The van der Waals surface area contributed by atoms with E-state index in [0.717, 1.165) is 11.1 Å². The predicted molar refractivity (Wildman–Crippen MR) is 117 cm³/mol. The average molecular weight is 384 g/mol. The summed E-state index contributed by atoms with van der Waals surface area (Å²) < 4.78 is 12.5. The second kappa shape index (κ2) is 6.22. The van der Waals surface area contributed by atoms with Crippen LogP contribution in [0.1, 0.15) is 50.3 Å².